The van der Waals surface area contributed by atoms with Crippen LogP contribution in [0.25, 0.3) is 10.4 Å². The summed E-state index contributed by atoms with van der Waals surface area (Å²) in [6.45, 7) is 0.123. The Labute approximate surface area is 74.0 Å². The molecule has 1 rings (SSSR count). The van der Waals surface area contributed by atoms with Gasteiger partial charge < -0.3 is 5.73 Å². The second-order valence-corrected chi connectivity index (χ2v) is 2.27. The lowest BCUT2D eigenvalue weighted by Gasteiger charge is -1.97. The van der Waals surface area contributed by atoms with Gasteiger partial charge in [-0.3, -0.25) is 4.79 Å². The molecule has 1 aromatic rings. The van der Waals surface area contributed by atoms with Crippen molar-refractivity contribution in [1.82, 2.24) is 4.98 Å². The summed E-state index contributed by atoms with van der Waals surface area (Å²) >= 11 is 0. The van der Waals surface area contributed by atoms with E-state index in [-0.39, 0.29) is 12.2 Å². The predicted octanol–water partition coefficient (Wildman–Crippen LogP) is 0.991. The number of nitrogens with two attached hydrogens (primary N) is 1. The van der Waals surface area contributed by atoms with Crippen LogP contribution in [0.4, 0.5) is 0 Å². The van der Waals surface area contributed by atoms with Gasteiger partial charge in [0.05, 0.1) is 6.54 Å². The van der Waals surface area contributed by atoms with Crippen LogP contribution in [0.5, 0.6) is 0 Å². The Balaban J connectivity index is 2.91. The molecule has 0 bridgehead atoms. The molecule has 0 radical (unpaired) electrons. The first-order chi connectivity index (χ1) is 6.24. The Hall–Kier alpha value is -2.07. The number of amides is 1. The van der Waals surface area contributed by atoms with E-state index < -0.39 is 5.91 Å². The number of pyridine rings is 1. The molecule has 1 amide bonds. The normalized spacial score (nSPS) is 8.92. The Kier molecular flexibility index (Phi) is 2.83. The Morgan fingerprint density at radius 2 is 2.46 bits per heavy atom. The van der Waals surface area contributed by atoms with Crippen molar-refractivity contribution in [3.05, 3.63) is 40.0 Å². The number of primary amides is 1. The number of carbonyl (C=O) groups excluding carboxylic acids is 1. The van der Waals surface area contributed by atoms with E-state index in [0.717, 1.165) is 0 Å². The molecule has 66 valence electrons. The molecule has 2 N–H and O–H groups in total. The van der Waals surface area contributed by atoms with Gasteiger partial charge in [0.15, 0.2) is 0 Å². The zero-order chi connectivity index (χ0) is 9.68. The number of aromatic nitrogens is 1. The highest BCUT2D eigenvalue weighted by molar-refractivity contribution is 5.90. The molecule has 13 heavy (non-hydrogen) atoms. The maximum Gasteiger partial charge on any atom is 0.267 e. The van der Waals surface area contributed by atoms with Crippen LogP contribution in [0.15, 0.2) is 23.3 Å². The molecule has 6 nitrogen and oxygen atoms in total. The van der Waals surface area contributed by atoms with Crippen molar-refractivity contribution in [2.24, 2.45) is 10.8 Å². The summed E-state index contributed by atoms with van der Waals surface area (Å²) in [5, 5.41) is 3.31. The summed E-state index contributed by atoms with van der Waals surface area (Å²) in [4.78, 5) is 17.1. The lowest BCUT2D eigenvalue weighted by molar-refractivity contribution is 0.0995. The van der Waals surface area contributed by atoms with Crippen LogP contribution in [0.3, 0.4) is 0 Å². The van der Waals surface area contributed by atoms with E-state index in [0.29, 0.717) is 5.69 Å². The molecule has 0 spiro atoms. The van der Waals surface area contributed by atoms with Crippen LogP contribution in [0.2, 0.25) is 0 Å². The van der Waals surface area contributed by atoms with Gasteiger partial charge in [-0.1, -0.05) is 11.2 Å². The molecule has 1 aromatic heterocycles. The Bertz CT molecular complexity index is 369. The van der Waals surface area contributed by atoms with Gasteiger partial charge in [-0.05, 0) is 17.7 Å². The number of azide groups is 1. The summed E-state index contributed by atoms with van der Waals surface area (Å²) in [6, 6.07) is 4.79. The van der Waals surface area contributed by atoms with Gasteiger partial charge in [-0.25, -0.2) is 4.98 Å². The number of hydrogen-bond donors (Lipinski definition) is 1. The topological polar surface area (TPSA) is 105 Å². The van der Waals surface area contributed by atoms with Gasteiger partial charge in [0.2, 0.25) is 0 Å². The van der Waals surface area contributed by atoms with E-state index in [9.17, 15) is 4.79 Å². The molecule has 0 aliphatic carbocycles. The molecule has 0 unspecified atom stereocenters. The molecule has 0 atom stereocenters. The van der Waals surface area contributed by atoms with Gasteiger partial charge in [0, 0.05) is 10.6 Å². The second kappa shape index (κ2) is 4.08. The van der Waals surface area contributed by atoms with Crippen molar-refractivity contribution < 1.29 is 4.79 Å². The van der Waals surface area contributed by atoms with Gasteiger partial charge in [0.1, 0.15) is 5.69 Å². The first-order valence-electron chi connectivity index (χ1n) is 3.50. The highest BCUT2D eigenvalue weighted by Crippen LogP contribution is 2.00. The third kappa shape index (κ3) is 2.46. The van der Waals surface area contributed by atoms with Crippen molar-refractivity contribution in [2.75, 3.05) is 0 Å². The van der Waals surface area contributed by atoms with Crippen LogP contribution in [-0.4, -0.2) is 10.9 Å². The summed E-state index contributed by atoms with van der Waals surface area (Å²) in [5.41, 5.74) is 13.7. The second-order valence-electron chi connectivity index (χ2n) is 2.27. The van der Waals surface area contributed by atoms with Gasteiger partial charge in [-0.2, -0.15) is 0 Å². The fourth-order valence-corrected chi connectivity index (χ4v) is 0.809. The average Bonchev–Trinajstić information content (AvgIpc) is 2.15. The van der Waals surface area contributed by atoms with Crippen molar-refractivity contribution in [2.45, 2.75) is 6.54 Å². The summed E-state index contributed by atoms with van der Waals surface area (Å²) in [6.07, 6.45) is 0. The first kappa shape index (κ1) is 9.02. The maximum absolute atomic E-state index is 10.7. The van der Waals surface area contributed by atoms with Crippen LogP contribution in [0, 0.1) is 0 Å². The van der Waals surface area contributed by atoms with Gasteiger partial charge >= 0.3 is 0 Å². The number of carbonyl (C=O) groups is 1. The highest BCUT2D eigenvalue weighted by atomic mass is 16.1. The smallest absolute Gasteiger partial charge is 0.267 e. The standard InChI is InChI=1S/C7H7N5O/c8-7(13)6-3-1-2-5(11-6)4-10-12-9/h1-3H,4H2,(H2,8,13). The van der Waals surface area contributed by atoms with E-state index >= 15 is 0 Å². The van der Waals surface area contributed by atoms with E-state index in [1.54, 1.807) is 12.1 Å². The molecular weight excluding hydrogens is 170 g/mol. The highest BCUT2D eigenvalue weighted by Gasteiger charge is 2.01. The van der Waals surface area contributed by atoms with Gasteiger partial charge in [-0.15, -0.1) is 0 Å². The minimum absolute atomic E-state index is 0.123. The number of rotatable bonds is 3. The molecule has 0 saturated heterocycles. The summed E-state index contributed by atoms with van der Waals surface area (Å²) in [5.74, 6) is -0.595. The average molecular weight is 177 g/mol. The van der Waals surface area contributed by atoms with Crippen LogP contribution in [-0.2, 0) is 6.54 Å². The fraction of sp³-hybridized carbons (Fsp3) is 0.143. The largest absolute Gasteiger partial charge is 0.364 e. The van der Waals surface area contributed by atoms with E-state index in [4.69, 9.17) is 11.3 Å². The van der Waals surface area contributed by atoms with E-state index in [1.165, 1.54) is 6.07 Å². The van der Waals surface area contributed by atoms with E-state index in [2.05, 4.69) is 15.0 Å². The molecule has 6 heteroatoms. The molecule has 0 aliphatic heterocycles. The lowest BCUT2D eigenvalue weighted by atomic mass is 10.3. The zero-order valence-corrected chi connectivity index (χ0v) is 6.71. The van der Waals surface area contributed by atoms with Crippen molar-refractivity contribution in [3.63, 3.8) is 0 Å². The summed E-state index contributed by atoms with van der Waals surface area (Å²) < 4.78 is 0. The fourth-order valence-electron chi connectivity index (χ4n) is 0.809. The predicted molar refractivity (Wildman–Crippen MR) is 45.6 cm³/mol. The number of nitrogens with zero attached hydrogens (tertiary/aromatic N) is 4. The van der Waals surface area contributed by atoms with Crippen LogP contribution < -0.4 is 5.73 Å². The Morgan fingerprint density at radius 1 is 1.69 bits per heavy atom. The third-order valence-electron chi connectivity index (χ3n) is 1.36. The lowest BCUT2D eigenvalue weighted by Crippen LogP contribution is -2.13. The molecule has 0 saturated carbocycles. The zero-order valence-electron chi connectivity index (χ0n) is 6.71. The van der Waals surface area contributed by atoms with Gasteiger partial charge in [0.25, 0.3) is 5.91 Å². The number of hydrogen-bond acceptors (Lipinski definition) is 3. The SMILES string of the molecule is [N-]=[N+]=NCc1cccc(C(N)=O)n1. The van der Waals surface area contributed by atoms with Crippen LogP contribution >= 0.6 is 0 Å². The molecule has 0 aliphatic rings. The molecule has 0 aromatic carbocycles. The van der Waals surface area contributed by atoms with Crippen molar-refractivity contribution in [3.8, 4) is 0 Å². The van der Waals surface area contributed by atoms with Crippen molar-refractivity contribution in [1.29, 1.82) is 0 Å². The van der Waals surface area contributed by atoms with Crippen molar-refractivity contribution >= 4 is 5.91 Å². The molecular formula is C7H7N5O. The minimum atomic E-state index is -0.595. The molecule has 0 fully saturated rings. The minimum Gasteiger partial charge on any atom is -0.364 e. The Morgan fingerprint density at radius 3 is 3.08 bits per heavy atom. The third-order valence-corrected chi connectivity index (χ3v) is 1.36. The quantitative estimate of drug-likeness (QED) is 0.422. The molecule has 1 heterocycles. The monoisotopic (exact) mass is 177 g/mol. The van der Waals surface area contributed by atoms with Crippen LogP contribution in [0.1, 0.15) is 16.2 Å². The first-order valence-corrected chi connectivity index (χ1v) is 3.50. The van der Waals surface area contributed by atoms with E-state index in [1.807, 2.05) is 0 Å². The maximum atomic E-state index is 10.7. The summed E-state index contributed by atoms with van der Waals surface area (Å²) in [7, 11) is 0.